The molecule has 4 rings (SSSR count). The van der Waals surface area contributed by atoms with Gasteiger partial charge in [0.15, 0.2) is 6.19 Å². The second-order valence-corrected chi connectivity index (χ2v) is 8.03. The van der Waals surface area contributed by atoms with Crippen LogP contribution in [0, 0.1) is 23.3 Å². The van der Waals surface area contributed by atoms with Crippen LogP contribution in [0.15, 0.2) is 24.3 Å². The van der Waals surface area contributed by atoms with Crippen molar-refractivity contribution in [3.63, 3.8) is 0 Å². The lowest BCUT2D eigenvalue weighted by Gasteiger charge is -2.36. The van der Waals surface area contributed by atoms with Crippen LogP contribution >= 0.6 is 11.6 Å². The molecule has 1 aromatic rings. The summed E-state index contributed by atoms with van der Waals surface area (Å²) >= 11 is 5.96. The largest absolute Gasteiger partial charge is 0.351 e. The Hall–Kier alpha value is -1.73. The predicted molar refractivity (Wildman–Crippen MR) is 92.3 cm³/mol. The molecule has 24 heavy (non-hydrogen) atoms. The van der Waals surface area contributed by atoms with Gasteiger partial charge >= 0.3 is 0 Å². The van der Waals surface area contributed by atoms with Crippen molar-refractivity contribution in [2.45, 2.75) is 43.6 Å². The minimum atomic E-state index is -0.380. The van der Waals surface area contributed by atoms with Crippen LogP contribution in [0.2, 0.25) is 5.02 Å². The highest BCUT2D eigenvalue weighted by Crippen LogP contribution is 2.49. The number of nitrogens with zero attached hydrogens (tertiary/aromatic N) is 2. The van der Waals surface area contributed by atoms with Gasteiger partial charge in [-0.15, -0.1) is 0 Å². The van der Waals surface area contributed by atoms with Crippen molar-refractivity contribution >= 4 is 17.5 Å². The van der Waals surface area contributed by atoms with Gasteiger partial charge in [0.1, 0.15) is 0 Å². The van der Waals surface area contributed by atoms with E-state index in [-0.39, 0.29) is 17.4 Å². The lowest BCUT2D eigenvalue weighted by atomic mass is 9.89. The second-order valence-electron chi connectivity index (χ2n) is 7.60. The van der Waals surface area contributed by atoms with Crippen LogP contribution in [0.1, 0.15) is 37.7 Å². The fourth-order valence-electron chi connectivity index (χ4n) is 4.10. The fraction of sp³-hybridized carbons (Fsp3) is 0.579. The van der Waals surface area contributed by atoms with E-state index in [1.165, 1.54) is 12.8 Å². The Bertz CT molecular complexity index is 673. The van der Waals surface area contributed by atoms with Gasteiger partial charge < -0.3 is 10.2 Å². The maximum atomic E-state index is 12.9. The van der Waals surface area contributed by atoms with Gasteiger partial charge in [0.05, 0.1) is 5.41 Å². The lowest BCUT2D eigenvalue weighted by molar-refractivity contribution is -0.124. The third-order valence-electron chi connectivity index (χ3n) is 5.83. The molecule has 126 valence electrons. The van der Waals surface area contributed by atoms with Crippen molar-refractivity contribution < 1.29 is 4.79 Å². The number of halogens is 1. The number of amides is 1. The molecule has 2 saturated carbocycles. The molecule has 0 aromatic heterocycles. The summed E-state index contributed by atoms with van der Waals surface area (Å²) in [6.45, 7) is 1.50. The molecule has 1 heterocycles. The van der Waals surface area contributed by atoms with Gasteiger partial charge in [-0.3, -0.25) is 4.79 Å². The Labute approximate surface area is 147 Å². The molecule has 1 saturated heterocycles. The summed E-state index contributed by atoms with van der Waals surface area (Å²) in [5.41, 5.74) is 0.672. The summed E-state index contributed by atoms with van der Waals surface area (Å²) in [4.78, 5) is 14.7. The van der Waals surface area contributed by atoms with E-state index in [2.05, 4.69) is 11.5 Å². The fourth-order valence-corrected chi connectivity index (χ4v) is 4.22. The standard InChI is InChI=1S/C19H22ClN3O/c20-16-5-3-15(4-6-16)19(7-8-19)18(24)22-17-9-14(13-1-2-13)10-23(11-17)12-21/h3-6,13-14,17H,1-2,7-11H2,(H,22,24). The van der Waals surface area contributed by atoms with Crippen molar-refractivity contribution in [2.75, 3.05) is 13.1 Å². The summed E-state index contributed by atoms with van der Waals surface area (Å²) in [5, 5.41) is 13.2. The first-order valence-corrected chi connectivity index (χ1v) is 9.20. The smallest absolute Gasteiger partial charge is 0.230 e. The molecule has 3 aliphatic rings. The molecule has 0 spiro atoms. The number of nitriles is 1. The van der Waals surface area contributed by atoms with Crippen LogP contribution in [-0.2, 0) is 10.2 Å². The van der Waals surface area contributed by atoms with Crippen LogP contribution in [0.25, 0.3) is 0 Å². The molecular weight excluding hydrogens is 322 g/mol. The highest BCUT2D eigenvalue weighted by Gasteiger charge is 2.52. The molecule has 5 heteroatoms. The zero-order valence-corrected chi connectivity index (χ0v) is 14.4. The molecule has 4 nitrogen and oxygen atoms in total. The van der Waals surface area contributed by atoms with Crippen LogP contribution in [0.4, 0.5) is 0 Å². The number of benzene rings is 1. The molecule has 3 fully saturated rings. The molecule has 2 aliphatic carbocycles. The molecule has 1 N–H and O–H groups in total. The number of carbonyl (C=O) groups excluding carboxylic acids is 1. The van der Waals surface area contributed by atoms with E-state index >= 15 is 0 Å². The summed E-state index contributed by atoms with van der Waals surface area (Å²) < 4.78 is 0. The SMILES string of the molecule is N#CN1CC(NC(=O)C2(c3ccc(Cl)cc3)CC2)CC(C2CC2)C1. The maximum Gasteiger partial charge on any atom is 0.230 e. The third kappa shape index (κ3) is 2.98. The van der Waals surface area contributed by atoms with Crippen molar-refractivity contribution in [2.24, 2.45) is 11.8 Å². The Morgan fingerprint density at radius 2 is 1.92 bits per heavy atom. The monoisotopic (exact) mass is 343 g/mol. The van der Waals surface area contributed by atoms with E-state index in [1.54, 1.807) is 0 Å². The maximum absolute atomic E-state index is 12.9. The summed E-state index contributed by atoms with van der Waals surface area (Å²) in [7, 11) is 0. The van der Waals surface area contributed by atoms with E-state index in [0.29, 0.717) is 17.5 Å². The van der Waals surface area contributed by atoms with E-state index < -0.39 is 0 Å². The topological polar surface area (TPSA) is 56.1 Å². The molecular formula is C19H22ClN3O. The van der Waals surface area contributed by atoms with Gasteiger partial charge in [-0.25, -0.2) is 0 Å². The Morgan fingerprint density at radius 3 is 2.50 bits per heavy atom. The van der Waals surface area contributed by atoms with Crippen LogP contribution in [0.5, 0.6) is 0 Å². The lowest BCUT2D eigenvalue weighted by Crippen LogP contribution is -2.51. The van der Waals surface area contributed by atoms with Crippen molar-refractivity contribution in [1.82, 2.24) is 10.2 Å². The molecule has 0 radical (unpaired) electrons. The van der Waals surface area contributed by atoms with Gasteiger partial charge in [0.25, 0.3) is 0 Å². The molecule has 2 unspecified atom stereocenters. The highest BCUT2D eigenvalue weighted by molar-refractivity contribution is 6.30. The average molecular weight is 344 g/mol. The average Bonchev–Trinajstić information content (AvgIpc) is 3.48. The Balaban J connectivity index is 1.45. The number of hydrogen-bond donors (Lipinski definition) is 1. The zero-order valence-electron chi connectivity index (χ0n) is 13.7. The number of rotatable bonds is 4. The number of hydrogen-bond acceptors (Lipinski definition) is 3. The number of carbonyl (C=O) groups is 1. The van der Waals surface area contributed by atoms with E-state index in [9.17, 15) is 10.1 Å². The molecule has 1 amide bonds. The van der Waals surface area contributed by atoms with E-state index in [4.69, 9.17) is 11.6 Å². The summed E-state index contributed by atoms with van der Waals surface area (Å²) in [5.74, 6) is 1.42. The predicted octanol–water partition coefficient (Wildman–Crippen LogP) is 3.07. The van der Waals surface area contributed by atoms with E-state index in [0.717, 1.165) is 37.3 Å². The minimum absolute atomic E-state index is 0.0845. The molecule has 2 atom stereocenters. The molecule has 1 aliphatic heterocycles. The second kappa shape index (κ2) is 5.97. The van der Waals surface area contributed by atoms with Crippen molar-refractivity contribution in [1.29, 1.82) is 5.26 Å². The van der Waals surface area contributed by atoms with E-state index in [1.807, 2.05) is 29.2 Å². The first-order valence-electron chi connectivity index (χ1n) is 8.82. The number of piperidine rings is 1. The van der Waals surface area contributed by atoms with Gasteiger partial charge in [0.2, 0.25) is 5.91 Å². The first-order chi connectivity index (χ1) is 11.6. The number of likely N-dealkylation sites (tertiary alicyclic amines) is 1. The molecule has 0 bridgehead atoms. The Kier molecular flexibility index (Phi) is 3.92. The number of nitrogens with one attached hydrogen (secondary N) is 1. The van der Waals surface area contributed by atoms with Crippen LogP contribution in [-0.4, -0.2) is 29.9 Å². The first kappa shape index (κ1) is 15.8. The van der Waals surface area contributed by atoms with Gasteiger partial charge in [0, 0.05) is 24.2 Å². The highest BCUT2D eigenvalue weighted by atomic mass is 35.5. The normalized spacial score (nSPS) is 28.1. The van der Waals surface area contributed by atoms with Gasteiger partial charge in [-0.05, 0) is 61.6 Å². The zero-order chi connectivity index (χ0) is 16.7. The third-order valence-corrected chi connectivity index (χ3v) is 6.08. The molecule has 1 aromatic carbocycles. The summed E-state index contributed by atoms with van der Waals surface area (Å²) in [6, 6.07) is 7.71. The Morgan fingerprint density at radius 1 is 1.21 bits per heavy atom. The van der Waals surface area contributed by atoms with Crippen LogP contribution < -0.4 is 5.32 Å². The minimum Gasteiger partial charge on any atom is -0.351 e. The van der Waals surface area contributed by atoms with Gasteiger partial charge in [-0.2, -0.15) is 5.26 Å². The van der Waals surface area contributed by atoms with Gasteiger partial charge in [-0.1, -0.05) is 23.7 Å². The van der Waals surface area contributed by atoms with Crippen LogP contribution in [0.3, 0.4) is 0 Å². The van der Waals surface area contributed by atoms with Crippen molar-refractivity contribution in [3.05, 3.63) is 34.9 Å². The quantitative estimate of drug-likeness (QED) is 0.855. The van der Waals surface area contributed by atoms with Crippen molar-refractivity contribution in [3.8, 4) is 6.19 Å². The summed E-state index contributed by atoms with van der Waals surface area (Å²) in [6.07, 6.45) is 7.62.